The van der Waals surface area contributed by atoms with Crippen molar-refractivity contribution in [3.05, 3.63) is 47.2 Å². The Morgan fingerprint density at radius 1 is 1.20 bits per heavy atom. The summed E-state index contributed by atoms with van der Waals surface area (Å²) >= 11 is 0. The van der Waals surface area contributed by atoms with Gasteiger partial charge in [-0.3, -0.25) is 4.79 Å². The number of amides is 1. The molecule has 1 aliphatic rings. The van der Waals surface area contributed by atoms with Crippen LogP contribution < -0.4 is 5.32 Å². The van der Waals surface area contributed by atoms with Gasteiger partial charge in [0.2, 0.25) is 0 Å². The van der Waals surface area contributed by atoms with Crippen LogP contribution in [0.3, 0.4) is 0 Å². The zero-order chi connectivity index (χ0) is 17.8. The molecule has 0 bridgehead atoms. The number of aromatic nitrogens is 2. The van der Waals surface area contributed by atoms with Crippen molar-refractivity contribution in [3.8, 4) is 0 Å². The van der Waals surface area contributed by atoms with Crippen molar-refractivity contribution in [2.24, 2.45) is 0 Å². The molecule has 0 aliphatic heterocycles. The number of rotatable bonds is 5. The fraction of sp³-hybridized carbons (Fsp3) is 0.421. The van der Waals surface area contributed by atoms with Crippen molar-refractivity contribution < 1.29 is 14.3 Å². The van der Waals surface area contributed by atoms with E-state index in [1.165, 1.54) is 12.8 Å². The third-order valence-electron chi connectivity index (χ3n) is 4.40. The lowest BCUT2D eigenvalue weighted by Crippen LogP contribution is -2.23. The molecule has 6 nitrogen and oxygen atoms in total. The average Bonchev–Trinajstić information content (AvgIpc) is 3.22. The molecule has 1 aromatic heterocycles. The zero-order valence-electron chi connectivity index (χ0n) is 14.6. The van der Waals surface area contributed by atoms with Crippen molar-refractivity contribution in [2.45, 2.75) is 45.6 Å². The molecule has 0 spiro atoms. The summed E-state index contributed by atoms with van der Waals surface area (Å²) in [7, 11) is 0. The first-order valence-corrected chi connectivity index (χ1v) is 8.62. The van der Waals surface area contributed by atoms with Crippen LogP contribution in [-0.4, -0.2) is 28.3 Å². The molecule has 1 N–H and O–H groups in total. The normalized spacial score (nSPS) is 14.5. The van der Waals surface area contributed by atoms with Crippen LogP contribution in [0.25, 0.3) is 0 Å². The Morgan fingerprint density at radius 2 is 1.88 bits per heavy atom. The minimum Gasteiger partial charge on any atom is -0.452 e. The highest BCUT2D eigenvalue weighted by Crippen LogP contribution is 2.31. The summed E-state index contributed by atoms with van der Waals surface area (Å²) in [6, 6.07) is 7.59. The third kappa shape index (κ3) is 4.26. The summed E-state index contributed by atoms with van der Waals surface area (Å²) in [5, 5.41) is 7.09. The van der Waals surface area contributed by atoms with E-state index >= 15 is 0 Å². The first kappa shape index (κ1) is 17.2. The van der Waals surface area contributed by atoms with Crippen LogP contribution in [0.2, 0.25) is 0 Å². The molecule has 1 aliphatic carbocycles. The Balaban J connectivity index is 1.56. The molecule has 1 saturated carbocycles. The third-order valence-corrected chi connectivity index (χ3v) is 4.40. The molecular weight excluding hydrogens is 318 g/mol. The van der Waals surface area contributed by atoms with Gasteiger partial charge in [-0.05, 0) is 38.8 Å². The molecule has 6 heteroatoms. The number of carbonyl (C=O) groups is 2. The Labute approximate surface area is 147 Å². The summed E-state index contributed by atoms with van der Waals surface area (Å²) in [4.78, 5) is 24.2. The van der Waals surface area contributed by atoms with Crippen molar-refractivity contribution in [1.82, 2.24) is 9.78 Å². The van der Waals surface area contributed by atoms with Crippen molar-refractivity contribution in [2.75, 3.05) is 11.9 Å². The van der Waals surface area contributed by atoms with E-state index in [4.69, 9.17) is 4.74 Å². The van der Waals surface area contributed by atoms with Crippen LogP contribution in [0, 0.1) is 13.8 Å². The van der Waals surface area contributed by atoms with E-state index in [1.54, 1.807) is 24.4 Å². The molecule has 1 aromatic carbocycles. The molecule has 0 atom stereocenters. The lowest BCUT2D eigenvalue weighted by molar-refractivity contribution is -0.119. The summed E-state index contributed by atoms with van der Waals surface area (Å²) in [6.07, 6.45) is 6.20. The van der Waals surface area contributed by atoms with Gasteiger partial charge in [0.25, 0.3) is 5.91 Å². The van der Waals surface area contributed by atoms with Crippen molar-refractivity contribution in [3.63, 3.8) is 0 Å². The summed E-state index contributed by atoms with van der Waals surface area (Å²) in [5.74, 6) is -0.205. The molecule has 25 heavy (non-hydrogen) atoms. The molecule has 2 aromatic rings. The molecule has 1 heterocycles. The van der Waals surface area contributed by atoms with Crippen LogP contribution in [0.1, 0.15) is 53.2 Å². The zero-order valence-corrected chi connectivity index (χ0v) is 14.6. The monoisotopic (exact) mass is 341 g/mol. The van der Waals surface area contributed by atoms with Gasteiger partial charge in [0.05, 0.1) is 17.8 Å². The maximum atomic E-state index is 12.1. The highest BCUT2D eigenvalue weighted by atomic mass is 16.5. The molecular formula is C19H23N3O3. The molecule has 1 fully saturated rings. The minimum atomic E-state index is -0.494. The summed E-state index contributed by atoms with van der Waals surface area (Å²) < 4.78 is 6.99. The maximum Gasteiger partial charge on any atom is 0.338 e. The number of benzene rings is 1. The fourth-order valence-corrected chi connectivity index (χ4v) is 3.34. The maximum absolute atomic E-state index is 12.1. The number of ether oxygens (including phenoxy) is 1. The first-order chi connectivity index (χ1) is 12.0. The number of carbonyl (C=O) groups excluding carboxylic acids is 2. The summed E-state index contributed by atoms with van der Waals surface area (Å²) in [5.41, 5.74) is 2.43. The highest BCUT2D eigenvalue weighted by molar-refractivity contribution is 5.95. The fourth-order valence-electron chi connectivity index (χ4n) is 3.34. The number of nitrogens with one attached hydrogen (secondary N) is 1. The lowest BCUT2D eigenvalue weighted by Gasteiger charge is -2.14. The van der Waals surface area contributed by atoms with Crippen molar-refractivity contribution in [1.29, 1.82) is 0 Å². The van der Waals surface area contributed by atoms with Gasteiger partial charge in [-0.1, -0.05) is 30.0 Å². The second-order valence-electron chi connectivity index (χ2n) is 6.60. The highest BCUT2D eigenvalue weighted by Gasteiger charge is 2.20. The lowest BCUT2D eigenvalue weighted by atomic mass is 10.1. The number of esters is 1. The van der Waals surface area contributed by atoms with E-state index in [0.29, 0.717) is 17.4 Å². The molecule has 1 amide bonds. The van der Waals surface area contributed by atoms with E-state index in [-0.39, 0.29) is 12.5 Å². The van der Waals surface area contributed by atoms with Crippen LogP contribution in [0.4, 0.5) is 5.82 Å². The van der Waals surface area contributed by atoms with E-state index in [2.05, 4.69) is 10.4 Å². The Morgan fingerprint density at radius 3 is 2.56 bits per heavy atom. The number of aryl methyl sites for hydroxylation is 2. The largest absolute Gasteiger partial charge is 0.452 e. The van der Waals surface area contributed by atoms with E-state index in [9.17, 15) is 9.59 Å². The number of hydrogen-bond acceptors (Lipinski definition) is 4. The standard InChI is InChI=1S/C19H23N3O3/c1-13-9-14(2)11-15(10-13)19(24)25-12-18(23)21-17-7-8-20-22(17)16-5-3-4-6-16/h7-11,16H,3-6,12H2,1-2H3,(H,21,23). The second kappa shape index (κ2) is 7.51. The molecule has 0 unspecified atom stereocenters. The van der Waals surface area contributed by atoms with Crippen LogP contribution in [0.15, 0.2) is 30.5 Å². The molecule has 132 valence electrons. The van der Waals surface area contributed by atoms with Gasteiger partial charge in [-0.15, -0.1) is 0 Å². The van der Waals surface area contributed by atoms with Gasteiger partial charge in [0, 0.05) is 6.07 Å². The smallest absolute Gasteiger partial charge is 0.338 e. The minimum absolute atomic E-state index is 0.318. The van der Waals surface area contributed by atoms with E-state index in [1.807, 2.05) is 24.6 Å². The van der Waals surface area contributed by atoms with Gasteiger partial charge < -0.3 is 10.1 Å². The quantitative estimate of drug-likeness (QED) is 0.846. The average molecular weight is 341 g/mol. The predicted octanol–water partition coefficient (Wildman–Crippen LogP) is 3.41. The topological polar surface area (TPSA) is 73.2 Å². The second-order valence-corrected chi connectivity index (χ2v) is 6.60. The van der Waals surface area contributed by atoms with Crippen LogP contribution in [-0.2, 0) is 9.53 Å². The molecule has 0 saturated heterocycles. The van der Waals surface area contributed by atoms with E-state index < -0.39 is 5.97 Å². The Hall–Kier alpha value is -2.63. The van der Waals surface area contributed by atoms with Gasteiger partial charge in [-0.2, -0.15) is 5.10 Å². The first-order valence-electron chi connectivity index (χ1n) is 8.62. The van der Waals surface area contributed by atoms with Gasteiger partial charge in [-0.25, -0.2) is 9.48 Å². The molecule has 3 rings (SSSR count). The Kier molecular flexibility index (Phi) is 5.16. The number of anilines is 1. The van der Waals surface area contributed by atoms with Gasteiger partial charge >= 0.3 is 5.97 Å². The number of hydrogen-bond donors (Lipinski definition) is 1. The Bertz CT molecular complexity index is 756. The summed E-state index contributed by atoms with van der Waals surface area (Å²) in [6.45, 7) is 3.52. The molecule has 0 radical (unpaired) electrons. The SMILES string of the molecule is Cc1cc(C)cc(C(=O)OCC(=O)Nc2ccnn2C2CCCC2)c1. The van der Waals surface area contributed by atoms with Crippen LogP contribution in [0.5, 0.6) is 0 Å². The van der Waals surface area contributed by atoms with Crippen LogP contribution >= 0.6 is 0 Å². The van der Waals surface area contributed by atoms with Gasteiger partial charge in [0.15, 0.2) is 6.61 Å². The predicted molar refractivity (Wildman–Crippen MR) is 94.6 cm³/mol. The van der Waals surface area contributed by atoms with E-state index in [0.717, 1.165) is 24.0 Å². The number of nitrogens with zero attached hydrogens (tertiary/aromatic N) is 2. The van der Waals surface area contributed by atoms with Crippen molar-refractivity contribution >= 4 is 17.7 Å². The van der Waals surface area contributed by atoms with Gasteiger partial charge in [0.1, 0.15) is 5.82 Å².